The van der Waals surface area contributed by atoms with Gasteiger partial charge in [0.1, 0.15) is 0 Å². The maximum Gasteiger partial charge on any atom is 0.311 e. The van der Waals surface area contributed by atoms with Crippen LogP contribution in [0.3, 0.4) is 0 Å². The van der Waals surface area contributed by atoms with E-state index in [2.05, 4.69) is 15.3 Å². The summed E-state index contributed by atoms with van der Waals surface area (Å²) in [5.41, 5.74) is 1.41. The smallest absolute Gasteiger partial charge is 0.311 e. The highest BCUT2D eigenvalue weighted by Gasteiger charge is 2.09. The van der Waals surface area contributed by atoms with Crippen LogP contribution < -0.4 is 5.32 Å². The van der Waals surface area contributed by atoms with Crippen LogP contribution in [0.15, 0.2) is 36.0 Å². The molecule has 2 aromatic heterocycles. The lowest BCUT2D eigenvalue weighted by Gasteiger charge is -1.98. The Bertz CT molecular complexity index is 668. The van der Waals surface area contributed by atoms with Crippen LogP contribution in [0.1, 0.15) is 18.2 Å². The van der Waals surface area contributed by atoms with Gasteiger partial charge in [-0.15, -0.1) is 11.3 Å². The summed E-state index contributed by atoms with van der Waals surface area (Å²) in [5.74, 6) is -0.622. The molecule has 0 saturated heterocycles. The van der Waals surface area contributed by atoms with Crippen molar-refractivity contribution in [3.05, 3.63) is 47.2 Å². The number of pyridine rings is 1. The van der Waals surface area contributed by atoms with Crippen LogP contribution in [0.25, 0.3) is 6.08 Å². The Morgan fingerprint density at radius 1 is 1.45 bits per heavy atom. The zero-order chi connectivity index (χ0) is 15.8. The largest absolute Gasteiger partial charge is 0.466 e. The fraction of sp³-hybridized carbons (Fsp3) is 0.200. The number of anilines is 1. The highest BCUT2D eigenvalue weighted by molar-refractivity contribution is 7.14. The van der Waals surface area contributed by atoms with Crippen LogP contribution in [-0.2, 0) is 20.7 Å². The van der Waals surface area contributed by atoms with Crippen LogP contribution >= 0.6 is 11.3 Å². The molecule has 2 rings (SSSR count). The number of ether oxygens (including phenoxy) is 1. The third-order valence-electron chi connectivity index (χ3n) is 2.52. The van der Waals surface area contributed by atoms with Gasteiger partial charge < -0.3 is 4.74 Å². The third kappa shape index (κ3) is 5.10. The fourth-order valence-electron chi connectivity index (χ4n) is 1.60. The van der Waals surface area contributed by atoms with Crippen LogP contribution in [0.4, 0.5) is 5.13 Å². The number of hydrogen-bond acceptors (Lipinski definition) is 6. The average molecular weight is 317 g/mol. The van der Waals surface area contributed by atoms with E-state index in [0.717, 1.165) is 5.56 Å². The van der Waals surface area contributed by atoms with Gasteiger partial charge in [-0.25, -0.2) is 4.98 Å². The van der Waals surface area contributed by atoms with Crippen LogP contribution in [0, 0.1) is 0 Å². The number of nitrogens with zero attached hydrogens (tertiary/aromatic N) is 2. The monoisotopic (exact) mass is 317 g/mol. The minimum atomic E-state index is -0.331. The molecule has 114 valence electrons. The lowest BCUT2D eigenvalue weighted by Crippen LogP contribution is -2.09. The molecule has 6 nitrogen and oxygen atoms in total. The number of carbonyl (C=O) groups excluding carboxylic acids is 2. The van der Waals surface area contributed by atoms with Crippen molar-refractivity contribution in [1.29, 1.82) is 0 Å². The van der Waals surface area contributed by atoms with Crippen molar-refractivity contribution in [2.75, 3.05) is 11.9 Å². The molecule has 0 atom stereocenters. The number of rotatable bonds is 6. The molecule has 7 heteroatoms. The van der Waals surface area contributed by atoms with Crippen molar-refractivity contribution in [3.8, 4) is 0 Å². The molecule has 0 radical (unpaired) electrons. The van der Waals surface area contributed by atoms with Crippen LogP contribution in [0.2, 0.25) is 0 Å². The van der Waals surface area contributed by atoms with Gasteiger partial charge in [0.25, 0.3) is 0 Å². The normalized spacial score (nSPS) is 10.6. The average Bonchev–Trinajstić information content (AvgIpc) is 2.93. The number of esters is 1. The SMILES string of the molecule is CCOC(=O)Cc1csc(NC(=O)C=Cc2cccnc2)n1. The van der Waals surface area contributed by atoms with E-state index in [1.165, 1.54) is 17.4 Å². The zero-order valence-electron chi connectivity index (χ0n) is 12.0. The lowest BCUT2D eigenvalue weighted by molar-refractivity contribution is -0.142. The summed E-state index contributed by atoms with van der Waals surface area (Å²) in [4.78, 5) is 31.2. The van der Waals surface area contributed by atoms with Gasteiger partial charge in [0.05, 0.1) is 18.7 Å². The van der Waals surface area contributed by atoms with Crippen LogP contribution in [0.5, 0.6) is 0 Å². The van der Waals surface area contributed by atoms with E-state index in [0.29, 0.717) is 17.4 Å². The first kappa shape index (κ1) is 15.8. The summed E-state index contributed by atoms with van der Waals surface area (Å²) in [6.07, 6.45) is 6.49. The third-order valence-corrected chi connectivity index (χ3v) is 3.33. The first-order valence-corrected chi connectivity index (χ1v) is 7.54. The maximum absolute atomic E-state index is 11.8. The van der Waals surface area contributed by atoms with E-state index in [9.17, 15) is 9.59 Å². The molecule has 0 spiro atoms. The van der Waals surface area contributed by atoms with Crippen molar-refractivity contribution in [2.24, 2.45) is 0 Å². The van der Waals surface area contributed by atoms with Gasteiger partial charge in [-0.05, 0) is 24.6 Å². The Morgan fingerprint density at radius 2 is 2.32 bits per heavy atom. The second-order valence-corrected chi connectivity index (χ2v) is 5.09. The van der Waals surface area contributed by atoms with Crippen LogP contribution in [-0.4, -0.2) is 28.5 Å². The molecule has 0 aliphatic rings. The van der Waals surface area contributed by atoms with E-state index in [4.69, 9.17) is 4.74 Å². The molecule has 1 amide bonds. The molecule has 2 heterocycles. The molecule has 0 saturated carbocycles. The summed E-state index contributed by atoms with van der Waals surface area (Å²) in [7, 11) is 0. The summed E-state index contributed by atoms with van der Waals surface area (Å²) in [5, 5.41) is 4.81. The zero-order valence-corrected chi connectivity index (χ0v) is 12.8. The van der Waals surface area contributed by atoms with E-state index >= 15 is 0 Å². The highest BCUT2D eigenvalue weighted by atomic mass is 32.1. The Kier molecular flexibility index (Phi) is 5.79. The number of hydrogen-bond donors (Lipinski definition) is 1. The predicted octanol–water partition coefficient (Wildman–Crippen LogP) is 2.30. The van der Waals surface area contributed by atoms with E-state index < -0.39 is 0 Å². The van der Waals surface area contributed by atoms with Crippen molar-refractivity contribution in [3.63, 3.8) is 0 Å². The van der Waals surface area contributed by atoms with E-state index in [1.54, 1.807) is 36.8 Å². The number of thiazole rings is 1. The van der Waals surface area contributed by atoms with Crippen molar-refractivity contribution >= 4 is 34.4 Å². The first-order valence-electron chi connectivity index (χ1n) is 6.66. The summed E-state index contributed by atoms with van der Waals surface area (Å²) >= 11 is 1.26. The number of nitrogens with one attached hydrogen (secondary N) is 1. The molecule has 0 fully saturated rings. The topological polar surface area (TPSA) is 81.2 Å². The Hall–Kier alpha value is -2.54. The van der Waals surface area contributed by atoms with Crippen molar-refractivity contribution in [1.82, 2.24) is 9.97 Å². The first-order chi connectivity index (χ1) is 10.7. The van der Waals surface area contributed by atoms with Gasteiger partial charge in [0.2, 0.25) is 5.91 Å². The highest BCUT2D eigenvalue weighted by Crippen LogP contribution is 2.16. The van der Waals surface area contributed by atoms with Crippen molar-refractivity contribution in [2.45, 2.75) is 13.3 Å². The molecular formula is C15H15N3O3S. The van der Waals surface area contributed by atoms with Gasteiger partial charge in [-0.1, -0.05) is 6.07 Å². The Balaban J connectivity index is 1.88. The van der Waals surface area contributed by atoms with Gasteiger partial charge in [0.15, 0.2) is 5.13 Å². The quantitative estimate of drug-likeness (QED) is 0.653. The lowest BCUT2D eigenvalue weighted by atomic mass is 10.2. The van der Waals surface area contributed by atoms with E-state index in [1.807, 2.05) is 6.07 Å². The summed E-state index contributed by atoms with van der Waals surface area (Å²) in [6.45, 7) is 2.09. The van der Waals surface area contributed by atoms with Gasteiger partial charge >= 0.3 is 5.97 Å². The van der Waals surface area contributed by atoms with Crippen molar-refractivity contribution < 1.29 is 14.3 Å². The second kappa shape index (κ2) is 8.04. The number of carbonyl (C=O) groups is 2. The maximum atomic E-state index is 11.8. The van der Waals surface area contributed by atoms with E-state index in [-0.39, 0.29) is 18.3 Å². The molecule has 2 aromatic rings. The molecule has 0 unspecified atom stereocenters. The molecule has 0 aliphatic carbocycles. The summed E-state index contributed by atoms with van der Waals surface area (Å²) < 4.78 is 4.84. The Labute approximate surface area is 131 Å². The predicted molar refractivity (Wildman–Crippen MR) is 84.4 cm³/mol. The fourth-order valence-corrected chi connectivity index (χ4v) is 2.31. The standard InChI is InChI=1S/C15H15N3O3S/c1-2-21-14(20)8-12-10-22-15(17-12)18-13(19)6-5-11-4-3-7-16-9-11/h3-7,9-10H,2,8H2,1H3,(H,17,18,19). The van der Waals surface area contributed by atoms with Gasteiger partial charge in [0, 0.05) is 23.8 Å². The minimum absolute atomic E-state index is 0.103. The molecule has 0 aromatic carbocycles. The van der Waals surface area contributed by atoms with Gasteiger partial charge in [-0.3, -0.25) is 19.9 Å². The Morgan fingerprint density at radius 3 is 3.05 bits per heavy atom. The molecular weight excluding hydrogens is 302 g/mol. The molecule has 22 heavy (non-hydrogen) atoms. The molecule has 0 aliphatic heterocycles. The number of amides is 1. The minimum Gasteiger partial charge on any atom is -0.466 e. The molecule has 0 bridgehead atoms. The molecule has 1 N–H and O–H groups in total. The summed E-state index contributed by atoms with van der Waals surface area (Å²) in [6, 6.07) is 3.64. The number of aromatic nitrogens is 2. The van der Waals surface area contributed by atoms with Gasteiger partial charge in [-0.2, -0.15) is 0 Å². The second-order valence-electron chi connectivity index (χ2n) is 4.23.